The largest absolute Gasteiger partial charge is 0.113 e. The fourth-order valence-electron chi connectivity index (χ4n) is 2.24. The predicted octanol–water partition coefficient (Wildman–Crippen LogP) is 6.04. The number of halogens is 2. The van der Waals surface area contributed by atoms with E-state index >= 15 is 0 Å². The van der Waals surface area contributed by atoms with E-state index in [1.165, 1.54) is 23.1 Å². The minimum Gasteiger partial charge on any atom is -0.113 e. The van der Waals surface area contributed by atoms with Gasteiger partial charge in [0.2, 0.25) is 0 Å². The highest BCUT2D eigenvalue weighted by molar-refractivity contribution is 9.10. The van der Waals surface area contributed by atoms with Crippen molar-refractivity contribution in [1.82, 2.24) is 0 Å². The number of rotatable bonds is 4. The van der Waals surface area contributed by atoms with Crippen LogP contribution in [0.4, 0.5) is 0 Å². The molecule has 0 aliphatic carbocycles. The third-order valence-electron chi connectivity index (χ3n) is 3.32. The number of hydrogen-bond acceptors (Lipinski definition) is 0. The molecule has 100 valence electrons. The zero-order valence-electron chi connectivity index (χ0n) is 11.3. The molecule has 0 saturated carbocycles. The Kier molecular flexibility index (Phi) is 5.06. The van der Waals surface area contributed by atoms with Gasteiger partial charge in [-0.2, -0.15) is 0 Å². The minimum atomic E-state index is -0.0798. The summed E-state index contributed by atoms with van der Waals surface area (Å²) in [5, 5.41) is -0.0798. The van der Waals surface area contributed by atoms with Crippen LogP contribution < -0.4 is 0 Å². The Labute approximate surface area is 128 Å². The molecule has 1 atom stereocenters. The topological polar surface area (TPSA) is 0 Å². The van der Waals surface area contributed by atoms with Gasteiger partial charge in [0.15, 0.2) is 0 Å². The zero-order chi connectivity index (χ0) is 13.8. The molecule has 0 heterocycles. The van der Waals surface area contributed by atoms with Gasteiger partial charge in [0.25, 0.3) is 0 Å². The summed E-state index contributed by atoms with van der Waals surface area (Å²) in [7, 11) is 0. The van der Waals surface area contributed by atoms with Crippen LogP contribution >= 0.6 is 27.5 Å². The number of alkyl halides is 1. The van der Waals surface area contributed by atoms with Gasteiger partial charge in [-0.3, -0.25) is 0 Å². The normalized spacial score (nSPS) is 12.4. The molecule has 2 rings (SSSR count). The first kappa shape index (κ1) is 14.6. The van der Waals surface area contributed by atoms with E-state index in [0.717, 1.165) is 16.5 Å². The molecule has 2 aromatic rings. The Balaban J connectivity index is 2.25. The molecular formula is C17H18BrCl. The maximum atomic E-state index is 6.60. The number of aryl methyl sites for hydroxylation is 2. The van der Waals surface area contributed by atoms with Crippen LogP contribution in [-0.4, -0.2) is 0 Å². The van der Waals surface area contributed by atoms with Gasteiger partial charge in [-0.05, 0) is 47.7 Å². The van der Waals surface area contributed by atoms with Gasteiger partial charge >= 0.3 is 0 Å². The standard InChI is InChI=1S/C17H18BrCl/c1-3-4-13-5-7-14(8-6-13)17(19)16-10-9-15(18)11-12(16)2/h5-11,17H,3-4H2,1-2H3. The van der Waals surface area contributed by atoms with Gasteiger partial charge in [-0.1, -0.05) is 59.6 Å². The third kappa shape index (κ3) is 3.61. The summed E-state index contributed by atoms with van der Waals surface area (Å²) < 4.78 is 1.09. The quantitative estimate of drug-likeness (QED) is 0.597. The van der Waals surface area contributed by atoms with E-state index in [2.05, 4.69) is 66.2 Å². The molecule has 0 nitrogen and oxygen atoms in total. The lowest BCUT2D eigenvalue weighted by Crippen LogP contribution is -1.97. The first-order valence-corrected chi connectivity index (χ1v) is 7.83. The summed E-state index contributed by atoms with van der Waals surface area (Å²) in [4.78, 5) is 0. The van der Waals surface area contributed by atoms with Crippen LogP contribution in [0.1, 0.15) is 41.0 Å². The average molecular weight is 338 g/mol. The van der Waals surface area contributed by atoms with Crippen molar-refractivity contribution in [2.24, 2.45) is 0 Å². The summed E-state index contributed by atoms with van der Waals surface area (Å²) in [6.07, 6.45) is 2.31. The van der Waals surface area contributed by atoms with Gasteiger partial charge in [-0.25, -0.2) is 0 Å². The fraction of sp³-hybridized carbons (Fsp3) is 0.294. The van der Waals surface area contributed by atoms with Crippen molar-refractivity contribution in [1.29, 1.82) is 0 Å². The molecule has 0 bridgehead atoms. The van der Waals surface area contributed by atoms with Crippen molar-refractivity contribution < 1.29 is 0 Å². The van der Waals surface area contributed by atoms with E-state index in [-0.39, 0.29) is 5.38 Å². The molecule has 1 unspecified atom stereocenters. The van der Waals surface area contributed by atoms with Crippen LogP contribution in [0.15, 0.2) is 46.9 Å². The molecule has 0 spiro atoms. The summed E-state index contributed by atoms with van der Waals surface area (Å²) in [5.41, 5.74) is 4.93. The minimum absolute atomic E-state index is 0.0798. The lowest BCUT2D eigenvalue weighted by Gasteiger charge is -2.14. The molecule has 0 amide bonds. The predicted molar refractivity (Wildman–Crippen MR) is 87.0 cm³/mol. The van der Waals surface area contributed by atoms with Gasteiger partial charge < -0.3 is 0 Å². The van der Waals surface area contributed by atoms with E-state index < -0.39 is 0 Å². The monoisotopic (exact) mass is 336 g/mol. The van der Waals surface area contributed by atoms with Crippen LogP contribution in [0.5, 0.6) is 0 Å². The molecule has 2 heteroatoms. The van der Waals surface area contributed by atoms with Crippen molar-refractivity contribution in [3.05, 3.63) is 69.2 Å². The molecule has 0 aromatic heterocycles. The average Bonchev–Trinajstić information content (AvgIpc) is 2.39. The van der Waals surface area contributed by atoms with Crippen molar-refractivity contribution >= 4 is 27.5 Å². The summed E-state index contributed by atoms with van der Waals surface area (Å²) in [6.45, 7) is 4.30. The molecule has 0 N–H and O–H groups in total. The lowest BCUT2D eigenvalue weighted by atomic mass is 9.98. The van der Waals surface area contributed by atoms with Gasteiger partial charge in [0.1, 0.15) is 0 Å². The Morgan fingerprint density at radius 1 is 1.11 bits per heavy atom. The number of benzene rings is 2. The Bertz CT molecular complexity index is 546. The van der Waals surface area contributed by atoms with Crippen molar-refractivity contribution in [3.63, 3.8) is 0 Å². The van der Waals surface area contributed by atoms with E-state index in [1.54, 1.807) is 0 Å². The van der Waals surface area contributed by atoms with E-state index in [4.69, 9.17) is 11.6 Å². The van der Waals surface area contributed by atoms with Crippen molar-refractivity contribution in [2.45, 2.75) is 32.1 Å². The van der Waals surface area contributed by atoms with Crippen LogP contribution in [0.25, 0.3) is 0 Å². The van der Waals surface area contributed by atoms with E-state index in [1.807, 2.05) is 6.07 Å². The third-order valence-corrected chi connectivity index (χ3v) is 4.30. The Morgan fingerprint density at radius 3 is 2.37 bits per heavy atom. The molecular weight excluding hydrogens is 320 g/mol. The zero-order valence-corrected chi connectivity index (χ0v) is 13.6. The van der Waals surface area contributed by atoms with Crippen LogP contribution in [0, 0.1) is 6.92 Å². The molecule has 0 saturated heterocycles. The Hall–Kier alpha value is -0.790. The van der Waals surface area contributed by atoms with Gasteiger partial charge in [-0.15, -0.1) is 11.6 Å². The molecule has 2 aromatic carbocycles. The second kappa shape index (κ2) is 6.58. The molecule has 19 heavy (non-hydrogen) atoms. The first-order chi connectivity index (χ1) is 9.11. The van der Waals surface area contributed by atoms with E-state index in [0.29, 0.717) is 0 Å². The first-order valence-electron chi connectivity index (χ1n) is 6.60. The molecule has 0 aliphatic rings. The SMILES string of the molecule is CCCc1ccc(C(Cl)c2ccc(Br)cc2C)cc1. The second-order valence-electron chi connectivity index (χ2n) is 4.86. The Morgan fingerprint density at radius 2 is 1.79 bits per heavy atom. The molecule has 0 fully saturated rings. The fourth-order valence-corrected chi connectivity index (χ4v) is 3.11. The second-order valence-corrected chi connectivity index (χ2v) is 6.21. The van der Waals surface area contributed by atoms with Crippen LogP contribution in [0.2, 0.25) is 0 Å². The summed E-state index contributed by atoms with van der Waals surface area (Å²) in [5.74, 6) is 0. The van der Waals surface area contributed by atoms with Crippen LogP contribution in [-0.2, 0) is 6.42 Å². The number of hydrogen-bond donors (Lipinski definition) is 0. The summed E-state index contributed by atoms with van der Waals surface area (Å²) >= 11 is 10.1. The van der Waals surface area contributed by atoms with Crippen molar-refractivity contribution in [2.75, 3.05) is 0 Å². The molecule has 0 aliphatic heterocycles. The highest BCUT2D eigenvalue weighted by Gasteiger charge is 2.13. The van der Waals surface area contributed by atoms with Crippen LogP contribution in [0.3, 0.4) is 0 Å². The smallest absolute Gasteiger partial charge is 0.0838 e. The van der Waals surface area contributed by atoms with E-state index in [9.17, 15) is 0 Å². The maximum Gasteiger partial charge on any atom is 0.0838 e. The van der Waals surface area contributed by atoms with Gasteiger partial charge in [0.05, 0.1) is 5.38 Å². The summed E-state index contributed by atoms with van der Waals surface area (Å²) in [6, 6.07) is 14.9. The van der Waals surface area contributed by atoms with Gasteiger partial charge in [0, 0.05) is 4.47 Å². The molecule has 0 radical (unpaired) electrons. The van der Waals surface area contributed by atoms with Crippen molar-refractivity contribution in [3.8, 4) is 0 Å². The highest BCUT2D eigenvalue weighted by atomic mass is 79.9. The lowest BCUT2D eigenvalue weighted by molar-refractivity contribution is 0.920. The maximum absolute atomic E-state index is 6.60. The highest BCUT2D eigenvalue weighted by Crippen LogP contribution is 2.32.